The van der Waals surface area contributed by atoms with Crippen molar-refractivity contribution in [3.8, 4) is 23.7 Å². The van der Waals surface area contributed by atoms with Gasteiger partial charge in [-0.25, -0.2) is 0 Å². The Balaban J connectivity index is 1.57. The van der Waals surface area contributed by atoms with Gasteiger partial charge < -0.3 is 32.9 Å². The summed E-state index contributed by atoms with van der Waals surface area (Å²) in [6.07, 6.45) is -1.92. The summed E-state index contributed by atoms with van der Waals surface area (Å²) < 4.78 is 38.1. The molecule has 2 aliphatic carbocycles. The van der Waals surface area contributed by atoms with Crippen molar-refractivity contribution in [2.45, 2.75) is 132 Å². The normalized spacial score (nSPS) is 45.4. The van der Waals surface area contributed by atoms with Crippen LogP contribution in [0.15, 0.2) is 0 Å². The van der Waals surface area contributed by atoms with Crippen LogP contribution in [0.25, 0.3) is 0 Å². The zero-order valence-electron chi connectivity index (χ0n) is 22.7. The molecule has 0 bridgehead atoms. The number of epoxide rings is 2. The Morgan fingerprint density at radius 1 is 0.971 bits per heavy atom. The number of rotatable bonds is 5. The summed E-state index contributed by atoms with van der Waals surface area (Å²) in [5, 5.41) is 11.5. The van der Waals surface area contributed by atoms with Gasteiger partial charge in [0.1, 0.15) is 18.3 Å². The molecule has 7 nitrogen and oxygen atoms in total. The molecule has 0 unspecified atom stereocenters. The molecule has 0 aromatic heterocycles. The average Bonchev–Trinajstić information content (AvgIpc) is 3.54. The van der Waals surface area contributed by atoms with E-state index in [0.717, 1.165) is 0 Å². The van der Waals surface area contributed by atoms with Crippen molar-refractivity contribution in [1.82, 2.24) is 0 Å². The molecule has 4 fully saturated rings. The van der Waals surface area contributed by atoms with Gasteiger partial charge in [0.25, 0.3) is 0 Å². The molecule has 0 aromatic rings. The summed E-state index contributed by atoms with van der Waals surface area (Å²) in [5.74, 6) is 12.3. The van der Waals surface area contributed by atoms with Crippen molar-refractivity contribution in [3.05, 3.63) is 0 Å². The quantitative estimate of drug-likeness (QED) is 0.339. The van der Waals surface area contributed by atoms with Crippen LogP contribution < -0.4 is 0 Å². The fourth-order valence-electron chi connectivity index (χ4n) is 5.40. The van der Waals surface area contributed by atoms with Gasteiger partial charge in [-0.2, -0.15) is 0 Å². The summed E-state index contributed by atoms with van der Waals surface area (Å²) in [6.45, 7) is 21.6. The SMILES string of the molecule is CC1(C)OC[C@H]([C@@]23C#C[C@]4(O[Si](C)(C)C)C[C@@H](O[Si](C)(C)C(C)(C)C)[C@@H]5O[C@@]54[C@@H](O)C#C[C@@H]2O3)O1. The summed E-state index contributed by atoms with van der Waals surface area (Å²) in [4.78, 5) is 0. The van der Waals surface area contributed by atoms with E-state index in [1.54, 1.807) is 0 Å². The summed E-state index contributed by atoms with van der Waals surface area (Å²) in [6, 6.07) is 0. The lowest BCUT2D eigenvalue weighted by Gasteiger charge is -2.41. The molecule has 3 heterocycles. The van der Waals surface area contributed by atoms with Gasteiger partial charge in [0.05, 0.1) is 12.7 Å². The van der Waals surface area contributed by atoms with E-state index in [1.807, 2.05) is 13.8 Å². The molecular formula is C26H40O7Si2. The maximum Gasteiger partial charge on any atom is 0.195 e. The minimum atomic E-state index is -2.14. The van der Waals surface area contributed by atoms with Crippen molar-refractivity contribution in [3.63, 3.8) is 0 Å². The number of aliphatic hydroxyl groups is 1. The Hall–Kier alpha value is -0.726. The molecule has 3 aliphatic heterocycles. The second-order valence-corrected chi connectivity index (χ2v) is 22.7. The van der Waals surface area contributed by atoms with Crippen LogP contribution in [0.2, 0.25) is 37.8 Å². The predicted octanol–water partition coefficient (Wildman–Crippen LogP) is 3.18. The summed E-state index contributed by atoms with van der Waals surface area (Å²) in [7, 11) is -4.25. The van der Waals surface area contributed by atoms with Gasteiger partial charge >= 0.3 is 0 Å². The number of hydrogen-bond donors (Lipinski definition) is 1. The molecule has 194 valence electrons. The predicted molar refractivity (Wildman–Crippen MR) is 136 cm³/mol. The van der Waals surface area contributed by atoms with Gasteiger partial charge in [0, 0.05) is 6.42 Å². The van der Waals surface area contributed by atoms with Crippen molar-refractivity contribution >= 4 is 16.6 Å². The molecule has 1 N–H and O–H groups in total. The zero-order valence-corrected chi connectivity index (χ0v) is 24.7. The molecule has 1 saturated carbocycles. The molecule has 3 saturated heterocycles. The fourth-order valence-corrected chi connectivity index (χ4v) is 8.05. The molecule has 5 aliphatic rings. The lowest BCUT2D eigenvalue weighted by atomic mass is 9.85. The van der Waals surface area contributed by atoms with E-state index in [2.05, 4.69) is 77.2 Å². The van der Waals surface area contributed by atoms with Crippen LogP contribution in [0, 0.1) is 23.7 Å². The van der Waals surface area contributed by atoms with Gasteiger partial charge in [-0.1, -0.05) is 44.5 Å². The van der Waals surface area contributed by atoms with Crippen LogP contribution in [-0.4, -0.2) is 81.5 Å². The molecule has 8 atom stereocenters. The van der Waals surface area contributed by atoms with Crippen molar-refractivity contribution in [1.29, 1.82) is 0 Å². The highest BCUT2D eigenvalue weighted by Crippen LogP contribution is 2.62. The van der Waals surface area contributed by atoms with Crippen molar-refractivity contribution in [2.24, 2.45) is 0 Å². The van der Waals surface area contributed by atoms with E-state index in [1.165, 1.54) is 0 Å². The Bertz CT molecular complexity index is 1040. The maximum absolute atomic E-state index is 11.4. The minimum absolute atomic E-state index is 0.0384. The third kappa shape index (κ3) is 3.99. The second-order valence-electron chi connectivity index (χ2n) is 13.5. The molecular weight excluding hydrogens is 480 g/mol. The van der Waals surface area contributed by atoms with Gasteiger partial charge in [0.2, 0.25) is 0 Å². The lowest BCUT2D eigenvalue weighted by molar-refractivity contribution is -0.143. The monoisotopic (exact) mass is 520 g/mol. The van der Waals surface area contributed by atoms with E-state index in [-0.39, 0.29) is 23.4 Å². The largest absolute Gasteiger partial charge is 0.411 e. The Kier molecular flexibility index (Phi) is 5.50. The van der Waals surface area contributed by atoms with Crippen LogP contribution in [0.1, 0.15) is 41.0 Å². The molecule has 35 heavy (non-hydrogen) atoms. The van der Waals surface area contributed by atoms with Crippen molar-refractivity contribution < 1.29 is 32.9 Å². The average molecular weight is 521 g/mol. The van der Waals surface area contributed by atoms with Gasteiger partial charge in [-0.05, 0) is 51.6 Å². The number of hydrogen-bond acceptors (Lipinski definition) is 7. The highest BCUT2D eigenvalue weighted by Gasteiger charge is 2.82. The third-order valence-corrected chi connectivity index (χ3v) is 13.7. The van der Waals surface area contributed by atoms with Crippen LogP contribution in [-0.2, 0) is 27.8 Å². The van der Waals surface area contributed by atoms with Gasteiger partial charge in [-0.3, -0.25) is 0 Å². The molecule has 0 radical (unpaired) electrons. The van der Waals surface area contributed by atoms with Crippen LogP contribution in [0.3, 0.4) is 0 Å². The van der Waals surface area contributed by atoms with Crippen molar-refractivity contribution in [2.75, 3.05) is 6.61 Å². The highest BCUT2D eigenvalue weighted by molar-refractivity contribution is 6.74. The van der Waals surface area contributed by atoms with Gasteiger partial charge in [-0.15, -0.1) is 0 Å². The first-order valence-corrected chi connectivity index (χ1v) is 19.0. The number of fused-ring (bicyclic) bond motifs is 1. The molecule has 9 heteroatoms. The minimum Gasteiger partial charge on any atom is -0.411 e. The van der Waals surface area contributed by atoms with E-state index in [9.17, 15) is 5.11 Å². The van der Waals surface area contributed by atoms with E-state index < -0.39 is 51.4 Å². The highest BCUT2D eigenvalue weighted by atomic mass is 28.4. The summed E-state index contributed by atoms with van der Waals surface area (Å²) >= 11 is 0. The van der Waals surface area contributed by atoms with Crippen LogP contribution >= 0.6 is 0 Å². The first kappa shape index (κ1) is 25.9. The van der Waals surface area contributed by atoms with E-state index in [0.29, 0.717) is 13.0 Å². The topological polar surface area (TPSA) is 82.2 Å². The summed E-state index contributed by atoms with van der Waals surface area (Å²) in [5.41, 5.74) is -3.00. The first-order valence-electron chi connectivity index (χ1n) is 12.7. The van der Waals surface area contributed by atoms with Crippen LogP contribution in [0.5, 0.6) is 0 Å². The molecule has 0 amide bonds. The Morgan fingerprint density at radius 2 is 1.66 bits per heavy atom. The lowest BCUT2D eigenvalue weighted by Crippen LogP contribution is -2.56. The first-order chi connectivity index (χ1) is 15.9. The maximum atomic E-state index is 11.4. The van der Waals surface area contributed by atoms with Gasteiger partial charge in [0.15, 0.2) is 45.3 Å². The molecule has 5 rings (SSSR count). The Labute approximate surface area is 211 Å². The molecule has 1 spiro atoms. The Morgan fingerprint density at radius 3 is 2.23 bits per heavy atom. The fraction of sp³-hybridized carbons (Fsp3) is 0.846. The standard InChI is InChI=1S/C26H40O7Si2/c1-22(2,3)35(9,10)32-17-15-24(33-34(6,7)8)13-14-25(20-16-28-23(4,5)29-20)19(30-25)12-11-18(27)26(24)21(17)31-26/h17-21,27H,15-16H2,1-10H3/t17-,18+,19+,20-,21+,24+,25-,26+/m1/s1. The smallest absolute Gasteiger partial charge is 0.195 e. The number of aliphatic hydroxyl groups excluding tert-OH is 1. The molecule has 0 aromatic carbocycles. The third-order valence-electron chi connectivity index (χ3n) is 8.23. The number of ether oxygens (including phenoxy) is 4. The second kappa shape index (κ2) is 7.44. The van der Waals surface area contributed by atoms with Crippen LogP contribution in [0.4, 0.5) is 0 Å². The van der Waals surface area contributed by atoms with E-state index in [4.69, 9.17) is 27.8 Å². The van der Waals surface area contributed by atoms with E-state index >= 15 is 0 Å². The zero-order chi connectivity index (χ0) is 25.9.